The van der Waals surface area contributed by atoms with Crippen LogP contribution in [0.1, 0.15) is 51.9 Å². The van der Waals surface area contributed by atoms with Crippen LogP contribution in [-0.2, 0) is 0 Å². The van der Waals surface area contributed by atoms with E-state index in [-0.39, 0.29) is 0 Å². The van der Waals surface area contributed by atoms with Crippen molar-refractivity contribution in [1.82, 2.24) is 0 Å². The first-order valence-electron chi connectivity index (χ1n) is 6.44. The predicted octanol–water partition coefficient (Wildman–Crippen LogP) is 3.22. The Morgan fingerprint density at radius 1 is 0.929 bits per heavy atom. The molecule has 0 aromatic heterocycles. The van der Waals surface area contributed by atoms with Crippen LogP contribution in [0.25, 0.3) is 0 Å². The van der Waals surface area contributed by atoms with E-state index in [0.717, 1.165) is 17.8 Å². The lowest BCUT2D eigenvalue weighted by atomic mass is 9.64. The molecule has 0 aromatic rings. The van der Waals surface area contributed by atoms with E-state index < -0.39 is 0 Å². The van der Waals surface area contributed by atoms with E-state index in [1.165, 1.54) is 44.9 Å². The maximum atomic E-state index is 9.20. The topological polar surface area (TPSA) is 20.2 Å². The molecule has 1 nitrogen and oxygen atoms in total. The second-order valence-electron chi connectivity index (χ2n) is 5.47. The van der Waals surface area contributed by atoms with Gasteiger partial charge in [0.15, 0.2) is 0 Å². The molecule has 0 saturated heterocycles. The fourth-order valence-corrected chi connectivity index (χ4v) is 3.63. The summed E-state index contributed by atoms with van der Waals surface area (Å²) in [5.74, 6) is 3.60. The van der Waals surface area contributed by atoms with Crippen LogP contribution in [0.5, 0.6) is 0 Å². The molecule has 1 heteroatoms. The average molecular weight is 196 g/mol. The molecule has 0 aliphatic heterocycles. The number of fused-ring (bicyclic) bond motifs is 1. The lowest BCUT2D eigenvalue weighted by Crippen LogP contribution is -2.32. The fourth-order valence-electron chi connectivity index (χ4n) is 3.63. The Morgan fingerprint density at radius 2 is 1.57 bits per heavy atom. The van der Waals surface area contributed by atoms with Crippen LogP contribution < -0.4 is 0 Å². The monoisotopic (exact) mass is 196 g/mol. The zero-order chi connectivity index (χ0) is 9.97. The summed E-state index contributed by atoms with van der Waals surface area (Å²) in [6, 6.07) is 0. The molecular formula is C13H24O. The minimum Gasteiger partial charge on any atom is -0.396 e. The molecule has 0 heterocycles. The predicted molar refractivity (Wildman–Crippen MR) is 59.0 cm³/mol. The first-order valence-corrected chi connectivity index (χ1v) is 6.44. The summed E-state index contributed by atoms with van der Waals surface area (Å²) < 4.78 is 0. The third-order valence-corrected chi connectivity index (χ3v) is 4.67. The molecule has 2 aliphatic rings. The molecule has 0 radical (unpaired) electrons. The largest absolute Gasteiger partial charge is 0.396 e. The molecule has 14 heavy (non-hydrogen) atoms. The van der Waals surface area contributed by atoms with Gasteiger partial charge in [0.1, 0.15) is 0 Å². The summed E-state index contributed by atoms with van der Waals surface area (Å²) in [5, 5.41) is 9.20. The summed E-state index contributed by atoms with van der Waals surface area (Å²) in [5.41, 5.74) is 0. The molecule has 1 N–H and O–H groups in total. The van der Waals surface area contributed by atoms with E-state index in [1.807, 2.05) is 0 Å². The van der Waals surface area contributed by atoms with Crippen molar-refractivity contribution in [2.24, 2.45) is 23.7 Å². The third kappa shape index (κ3) is 2.13. The molecule has 0 amide bonds. The molecule has 2 saturated carbocycles. The van der Waals surface area contributed by atoms with Crippen LogP contribution in [0, 0.1) is 23.7 Å². The average Bonchev–Trinajstić information content (AvgIpc) is 2.27. The standard InChI is InChI=1S/C13H24O/c1-2-10-3-5-12-6-4-11(9-14)8-13(12)7-10/h10-14H,2-9H2,1H3/t10-,11+,12+,13-/m0/s1. The highest BCUT2D eigenvalue weighted by atomic mass is 16.3. The van der Waals surface area contributed by atoms with Crippen molar-refractivity contribution in [1.29, 1.82) is 0 Å². The zero-order valence-corrected chi connectivity index (χ0v) is 9.41. The van der Waals surface area contributed by atoms with Crippen molar-refractivity contribution < 1.29 is 5.11 Å². The van der Waals surface area contributed by atoms with Crippen molar-refractivity contribution in [3.63, 3.8) is 0 Å². The van der Waals surface area contributed by atoms with E-state index in [9.17, 15) is 5.11 Å². The molecule has 82 valence electrons. The highest BCUT2D eigenvalue weighted by Gasteiger charge is 2.34. The van der Waals surface area contributed by atoms with Crippen molar-refractivity contribution in [2.75, 3.05) is 6.61 Å². The minimum absolute atomic E-state index is 0.431. The first kappa shape index (κ1) is 10.5. The van der Waals surface area contributed by atoms with Crippen LogP contribution in [0.15, 0.2) is 0 Å². The van der Waals surface area contributed by atoms with Gasteiger partial charge in [-0.15, -0.1) is 0 Å². The van der Waals surface area contributed by atoms with E-state index in [1.54, 1.807) is 0 Å². The molecule has 2 aliphatic carbocycles. The van der Waals surface area contributed by atoms with Gasteiger partial charge in [-0.05, 0) is 55.8 Å². The Kier molecular flexibility index (Phi) is 3.48. The molecular weight excluding hydrogens is 172 g/mol. The van der Waals surface area contributed by atoms with Crippen molar-refractivity contribution in [3.05, 3.63) is 0 Å². The van der Waals surface area contributed by atoms with Gasteiger partial charge in [0.05, 0.1) is 0 Å². The third-order valence-electron chi connectivity index (χ3n) is 4.67. The quantitative estimate of drug-likeness (QED) is 0.719. The van der Waals surface area contributed by atoms with Gasteiger partial charge in [0, 0.05) is 6.61 Å². The smallest absolute Gasteiger partial charge is 0.0459 e. The lowest BCUT2D eigenvalue weighted by Gasteiger charge is -2.41. The Bertz CT molecular complexity index is 160. The molecule has 4 atom stereocenters. The normalized spacial score (nSPS) is 43.3. The summed E-state index contributed by atoms with van der Waals surface area (Å²) >= 11 is 0. The van der Waals surface area contributed by atoms with Gasteiger partial charge in [0.2, 0.25) is 0 Å². The Labute approximate surface area is 87.9 Å². The van der Waals surface area contributed by atoms with Crippen LogP contribution in [0.2, 0.25) is 0 Å². The van der Waals surface area contributed by atoms with Crippen LogP contribution in [0.3, 0.4) is 0 Å². The Hall–Kier alpha value is -0.0400. The highest BCUT2D eigenvalue weighted by molar-refractivity contribution is 4.85. The van der Waals surface area contributed by atoms with E-state index in [4.69, 9.17) is 0 Å². The molecule has 0 unspecified atom stereocenters. The van der Waals surface area contributed by atoms with Gasteiger partial charge in [-0.2, -0.15) is 0 Å². The minimum atomic E-state index is 0.431. The highest BCUT2D eigenvalue weighted by Crippen LogP contribution is 2.45. The molecule has 2 fully saturated rings. The van der Waals surface area contributed by atoms with Crippen LogP contribution in [-0.4, -0.2) is 11.7 Å². The second kappa shape index (κ2) is 4.65. The fraction of sp³-hybridized carbons (Fsp3) is 1.00. The number of hydrogen-bond acceptors (Lipinski definition) is 1. The van der Waals surface area contributed by atoms with Crippen molar-refractivity contribution in [3.8, 4) is 0 Å². The number of rotatable bonds is 2. The first-order chi connectivity index (χ1) is 6.83. The summed E-state index contributed by atoms with van der Waals surface area (Å²) in [4.78, 5) is 0. The molecule has 2 rings (SSSR count). The molecule has 0 aromatic carbocycles. The van der Waals surface area contributed by atoms with Gasteiger partial charge < -0.3 is 5.11 Å². The summed E-state index contributed by atoms with van der Waals surface area (Å²) in [6.45, 7) is 2.76. The summed E-state index contributed by atoms with van der Waals surface area (Å²) in [6.07, 6.45) is 9.77. The number of aliphatic hydroxyl groups excluding tert-OH is 1. The Morgan fingerprint density at radius 3 is 2.21 bits per heavy atom. The summed E-state index contributed by atoms with van der Waals surface area (Å²) in [7, 11) is 0. The maximum Gasteiger partial charge on any atom is 0.0459 e. The molecule has 0 spiro atoms. The van der Waals surface area contributed by atoms with Gasteiger partial charge in [-0.25, -0.2) is 0 Å². The van der Waals surface area contributed by atoms with Crippen LogP contribution in [0.4, 0.5) is 0 Å². The number of hydrogen-bond donors (Lipinski definition) is 1. The van der Waals surface area contributed by atoms with Gasteiger partial charge in [-0.3, -0.25) is 0 Å². The van der Waals surface area contributed by atoms with E-state index >= 15 is 0 Å². The SMILES string of the molecule is CC[C@H]1CC[C@@H]2CC[C@@H](CO)C[C@@H]2C1. The second-order valence-corrected chi connectivity index (χ2v) is 5.47. The van der Waals surface area contributed by atoms with Gasteiger partial charge in [0.25, 0.3) is 0 Å². The van der Waals surface area contributed by atoms with E-state index in [2.05, 4.69) is 6.92 Å². The van der Waals surface area contributed by atoms with Crippen molar-refractivity contribution >= 4 is 0 Å². The molecule has 0 bridgehead atoms. The van der Waals surface area contributed by atoms with Gasteiger partial charge >= 0.3 is 0 Å². The van der Waals surface area contributed by atoms with Gasteiger partial charge in [-0.1, -0.05) is 19.8 Å². The maximum absolute atomic E-state index is 9.20. The number of aliphatic hydroxyl groups is 1. The lowest BCUT2D eigenvalue weighted by molar-refractivity contribution is 0.0705. The zero-order valence-electron chi connectivity index (χ0n) is 9.41. The Balaban J connectivity index is 1.90. The van der Waals surface area contributed by atoms with E-state index in [0.29, 0.717) is 12.5 Å². The van der Waals surface area contributed by atoms with Crippen LogP contribution >= 0.6 is 0 Å². The van der Waals surface area contributed by atoms with Crippen molar-refractivity contribution in [2.45, 2.75) is 51.9 Å².